The molecule has 1 N–H and O–H groups in total. The fourth-order valence-electron chi connectivity index (χ4n) is 3.00. The molecule has 19 heavy (non-hydrogen) atoms. The van der Waals surface area contributed by atoms with Crippen molar-refractivity contribution in [1.29, 1.82) is 0 Å². The minimum absolute atomic E-state index is 0.321. The van der Waals surface area contributed by atoms with Crippen LogP contribution in [0.5, 0.6) is 0 Å². The van der Waals surface area contributed by atoms with Crippen molar-refractivity contribution in [3.8, 4) is 0 Å². The number of hydrogen-bond acceptors (Lipinski definition) is 2. The van der Waals surface area contributed by atoms with E-state index in [4.69, 9.17) is 0 Å². The molecular weight excluding hydrogens is 238 g/mol. The Bertz CT molecular complexity index is 549. The Morgan fingerprint density at radius 3 is 2.95 bits per heavy atom. The Balaban J connectivity index is 2.06. The van der Waals surface area contributed by atoms with Crippen LogP contribution in [0.15, 0.2) is 59.5 Å². The normalized spacial score (nSPS) is 25.4. The maximum Gasteiger partial charge on any atom is 0.335 e. The first-order chi connectivity index (χ1) is 9.27. The summed E-state index contributed by atoms with van der Waals surface area (Å²) in [5, 5.41) is 9.45. The first-order valence-electron chi connectivity index (χ1n) is 6.72. The lowest BCUT2D eigenvalue weighted by Gasteiger charge is -2.34. The minimum atomic E-state index is -0.806. The molecule has 0 saturated heterocycles. The van der Waals surface area contributed by atoms with Gasteiger partial charge in [0.2, 0.25) is 0 Å². The van der Waals surface area contributed by atoms with E-state index in [1.54, 1.807) is 0 Å². The van der Waals surface area contributed by atoms with Gasteiger partial charge in [-0.15, -0.1) is 0 Å². The van der Waals surface area contributed by atoms with Crippen LogP contribution in [0.3, 0.4) is 0 Å². The highest BCUT2D eigenvalue weighted by atomic mass is 16.4. The summed E-state index contributed by atoms with van der Waals surface area (Å²) in [7, 11) is 0. The summed E-state index contributed by atoms with van der Waals surface area (Å²) in [6.45, 7) is 0.643. The van der Waals surface area contributed by atoms with Gasteiger partial charge in [-0.1, -0.05) is 18.2 Å². The van der Waals surface area contributed by atoms with Crippen molar-refractivity contribution in [3.05, 3.63) is 59.5 Å². The number of carboxylic acids is 1. The lowest BCUT2D eigenvalue weighted by molar-refractivity contribution is -0.132. The molecule has 3 aliphatic rings. The van der Waals surface area contributed by atoms with Gasteiger partial charge in [0, 0.05) is 18.4 Å². The number of carboxylic acid groups (broad SMARTS) is 1. The molecule has 2 heterocycles. The zero-order valence-electron chi connectivity index (χ0n) is 10.7. The van der Waals surface area contributed by atoms with Crippen molar-refractivity contribution in [3.63, 3.8) is 0 Å². The van der Waals surface area contributed by atoms with E-state index in [2.05, 4.69) is 17.1 Å². The lowest BCUT2D eigenvalue weighted by atomic mass is 9.80. The molecule has 0 aromatic carbocycles. The number of fused-ring (bicyclic) bond motifs is 1. The standard InChI is InChI=1S/C16H17NO2/c18-16(19)13-9-11-17-10-5-4-8-14(17)15(13)12-6-2-1-3-7-12/h1-2,4-5,8-10,12H,3,6-7,11H2,(H,18,19). The van der Waals surface area contributed by atoms with Crippen LogP contribution >= 0.6 is 0 Å². The molecule has 2 aliphatic heterocycles. The number of hydrogen-bond donors (Lipinski definition) is 1. The van der Waals surface area contributed by atoms with Crippen LogP contribution in [0.1, 0.15) is 19.3 Å². The topological polar surface area (TPSA) is 40.5 Å². The molecule has 98 valence electrons. The van der Waals surface area contributed by atoms with E-state index in [0.29, 0.717) is 18.0 Å². The summed E-state index contributed by atoms with van der Waals surface area (Å²) in [5.74, 6) is -0.485. The summed E-state index contributed by atoms with van der Waals surface area (Å²) in [4.78, 5) is 13.6. The zero-order chi connectivity index (χ0) is 13.2. The quantitative estimate of drug-likeness (QED) is 0.771. The van der Waals surface area contributed by atoms with Gasteiger partial charge in [-0.05, 0) is 49.0 Å². The van der Waals surface area contributed by atoms with Crippen LogP contribution in [-0.2, 0) is 4.79 Å². The smallest absolute Gasteiger partial charge is 0.335 e. The summed E-state index contributed by atoms with van der Waals surface area (Å²) in [6, 6.07) is 0. The Labute approximate surface area is 112 Å². The SMILES string of the molecule is O=C(O)C1=CCN2C=CC=CC2=C1C1CC=CCC1. The predicted molar refractivity (Wildman–Crippen MR) is 74.2 cm³/mol. The van der Waals surface area contributed by atoms with E-state index in [-0.39, 0.29) is 0 Å². The highest BCUT2D eigenvalue weighted by Gasteiger charge is 2.29. The van der Waals surface area contributed by atoms with E-state index in [1.165, 1.54) is 0 Å². The number of aliphatic carboxylic acids is 1. The van der Waals surface area contributed by atoms with Crippen molar-refractivity contribution in [1.82, 2.24) is 4.90 Å². The number of rotatable bonds is 2. The van der Waals surface area contributed by atoms with Gasteiger partial charge in [-0.2, -0.15) is 0 Å². The van der Waals surface area contributed by atoms with Crippen molar-refractivity contribution >= 4 is 5.97 Å². The molecule has 0 amide bonds. The van der Waals surface area contributed by atoms with E-state index < -0.39 is 5.97 Å². The van der Waals surface area contributed by atoms with E-state index >= 15 is 0 Å². The molecule has 0 aromatic rings. The van der Waals surface area contributed by atoms with Crippen LogP contribution in [0.4, 0.5) is 0 Å². The monoisotopic (exact) mass is 255 g/mol. The van der Waals surface area contributed by atoms with Gasteiger partial charge in [0.05, 0.1) is 5.57 Å². The Hall–Kier alpha value is -2.03. The van der Waals surface area contributed by atoms with Gasteiger partial charge in [-0.25, -0.2) is 4.79 Å². The summed E-state index contributed by atoms with van der Waals surface area (Å²) < 4.78 is 0. The molecule has 0 saturated carbocycles. The zero-order valence-corrected chi connectivity index (χ0v) is 10.7. The first-order valence-corrected chi connectivity index (χ1v) is 6.72. The molecule has 1 atom stereocenters. The van der Waals surface area contributed by atoms with Crippen molar-refractivity contribution in [2.75, 3.05) is 6.54 Å². The Kier molecular flexibility index (Phi) is 3.11. The molecule has 0 aromatic heterocycles. The van der Waals surface area contributed by atoms with Gasteiger partial charge in [0.15, 0.2) is 0 Å². The molecule has 0 radical (unpaired) electrons. The first kappa shape index (κ1) is 12.0. The highest BCUT2D eigenvalue weighted by molar-refractivity contribution is 5.93. The van der Waals surface area contributed by atoms with Crippen molar-refractivity contribution < 1.29 is 9.90 Å². The molecule has 1 unspecified atom stereocenters. The summed E-state index contributed by atoms with van der Waals surface area (Å²) >= 11 is 0. The molecular formula is C16H17NO2. The van der Waals surface area contributed by atoms with Gasteiger partial charge >= 0.3 is 5.97 Å². The van der Waals surface area contributed by atoms with Gasteiger partial charge in [-0.3, -0.25) is 0 Å². The third-order valence-electron chi connectivity index (χ3n) is 3.91. The van der Waals surface area contributed by atoms with Crippen LogP contribution < -0.4 is 0 Å². The number of allylic oxidation sites excluding steroid dienone is 5. The maximum atomic E-state index is 11.5. The van der Waals surface area contributed by atoms with E-state index in [1.807, 2.05) is 30.5 Å². The Morgan fingerprint density at radius 1 is 1.32 bits per heavy atom. The van der Waals surface area contributed by atoms with Crippen molar-refractivity contribution in [2.24, 2.45) is 5.92 Å². The van der Waals surface area contributed by atoms with Gasteiger partial charge in [0.1, 0.15) is 0 Å². The molecule has 0 spiro atoms. The Morgan fingerprint density at radius 2 is 2.21 bits per heavy atom. The van der Waals surface area contributed by atoms with Crippen LogP contribution in [-0.4, -0.2) is 22.5 Å². The number of nitrogens with zero attached hydrogens (tertiary/aromatic N) is 1. The second-order valence-corrected chi connectivity index (χ2v) is 5.06. The van der Waals surface area contributed by atoms with Gasteiger partial charge in [0.25, 0.3) is 0 Å². The number of carbonyl (C=O) groups is 1. The fraction of sp³-hybridized carbons (Fsp3) is 0.312. The van der Waals surface area contributed by atoms with E-state index in [0.717, 1.165) is 30.5 Å². The summed E-state index contributed by atoms with van der Waals surface area (Å²) in [5.41, 5.74) is 2.55. The van der Waals surface area contributed by atoms with Crippen LogP contribution in [0.25, 0.3) is 0 Å². The van der Waals surface area contributed by atoms with Crippen LogP contribution in [0, 0.1) is 5.92 Å². The van der Waals surface area contributed by atoms with E-state index in [9.17, 15) is 9.90 Å². The molecule has 3 rings (SSSR count). The van der Waals surface area contributed by atoms with Crippen molar-refractivity contribution in [2.45, 2.75) is 19.3 Å². The third-order valence-corrected chi connectivity index (χ3v) is 3.91. The minimum Gasteiger partial charge on any atom is -0.478 e. The largest absolute Gasteiger partial charge is 0.478 e. The summed E-state index contributed by atoms with van der Waals surface area (Å²) in [6.07, 6.45) is 17.2. The molecule has 0 fully saturated rings. The predicted octanol–water partition coefficient (Wildman–Crippen LogP) is 3.01. The second kappa shape index (κ2) is 4.92. The van der Waals surface area contributed by atoms with Gasteiger partial charge < -0.3 is 10.0 Å². The van der Waals surface area contributed by atoms with Crippen LogP contribution in [0.2, 0.25) is 0 Å². The highest BCUT2D eigenvalue weighted by Crippen LogP contribution is 2.37. The molecule has 3 heteroatoms. The molecule has 1 aliphatic carbocycles. The lowest BCUT2D eigenvalue weighted by Crippen LogP contribution is -2.28. The average Bonchev–Trinajstić information content (AvgIpc) is 2.46. The third kappa shape index (κ3) is 2.16. The molecule has 0 bridgehead atoms. The fourth-order valence-corrected chi connectivity index (χ4v) is 3.00. The average molecular weight is 255 g/mol. The second-order valence-electron chi connectivity index (χ2n) is 5.06. The maximum absolute atomic E-state index is 11.5. The molecule has 3 nitrogen and oxygen atoms in total.